The molecular formula is C11H19N5O. The third kappa shape index (κ3) is 3.39. The number of aromatic nitrogens is 4. The van der Waals surface area contributed by atoms with Crippen molar-refractivity contribution in [3.8, 4) is 0 Å². The first kappa shape index (κ1) is 13.4. The van der Waals surface area contributed by atoms with E-state index in [1.165, 1.54) is 12.5 Å². The molecule has 0 aromatic carbocycles. The average Bonchev–Trinajstić information content (AvgIpc) is 2.65. The van der Waals surface area contributed by atoms with Gasteiger partial charge in [-0.2, -0.15) is 5.10 Å². The predicted octanol–water partition coefficient (Wildman–Crippen LogP) is 1.05. The fourth-order valence-electron chi connectivity index (χ4n) is 1.21. The van der Waals surface area contributed by atoms with Crippen LogP contribution in [0.2, 0.25) is 0 Å². The Morgan fingerprint density at radius 1 is 1.35 bits per heavy atom. The molecule has 0 radical (unpaired) electrons. The molecule has 2 aromatic rings. The van der Waals surface area contributed by atoms with Gasteiger partial charge in [0, 0.05) is 6.04 Å². The molecule has 0 unspecified atom stereocenters. The van der Waals surface area contributed by atoms with E-state index < -0.39 is 0 Å². The smallest absolute Gasteiger partial charge is 0.264 e. The molecule has 0 fully saturated rings. The minimum Gasteiger partial charge on any atom is -0.328 e. The molecular weight excluding hydrogens is 218 g/mol. The highest BCUT2D eigenvalue weighted by Gasteiger charge is 2.06. The number of nitrogens with one attached hydrogen (secondary N) is 1. The summed E-state index contributed by atoms with van der Waals surface area (Å²) in [5.41, 5.74) is 5.61. The van der Waals surface area contributed by atoms with Crippen LogP contribution in [0.3, 0.4) is 0 Å². The van der Waals surface area contributed by atoms with Crippen molar-refractivity contribution in [2.75, 3.05) is 0 Å². The summed E-state index contributed by atoms with van der Waals surface area (Å²) in [6, 6.07) is 0.458. The van der Waals surface area contributed by atoms with Gasteiger partial charge in [-0.15, -0.1) is 0 Å². The molecule has 0 saturated heterocycles. The molecule has 2 heterocycles. The number of nitrogens with zero attached hydrogens (tertiary/aromatic N) is 3. The summed E-state index contributed by atoms with van der Waals surface area (Å²) in [6.07, 6.45) is 3.04. The highest BCUT2D eigenvalue weighted by molar-refractivity contribution is 5.71. The van der Waals surface area contributed by atoms with E-state index in [-0.39, 0.29) is 11.6 Å². The van der Waals surface area contributed by atoms with Gasteiger partial charge in [-0.05, 0) is 19.9 Å². The number of aromatic amines is 1. The Kier molecular flexibility index (Phi) is 4.39. The van der Waals surface area contributed by atoms with Crippen LogP contribution in [-0.2, 0) is 0 Å². The first-order valence-electron chi connectivity index (χ1n) is 5.59. The third-order valence-corrected chi connectivity index (χ3v) is 1.95. The van der Waals surface area contributed by atoms with Crippen LogP contribution >= 0.6 is 0 Å². The van der Waals surface area contributed by atoms with Crippen molar-refractivity contribution in [1.29, 1.82) is 0 Å². The van der Waals surface area contributed by atoms with Crippen LogP contribution in [-0.4, -0.2) is 25.8 Å². The van der Waals surface area contributed by atoms with Crippen LogP contribution in [0.25, 0.3) is 11.0 Å². The Labute approximate surface area is 99.9 Å². The molecule has 0 spiro atoms. The van der Waals surface area contributed by atoms with Gasteiger partial charge in [0.1, 0.15) is 11.7 Å². The number of H-pyrrole nitrogens is 1. The number of hydrogen-bond acceptors (Lipinski definition) is 4. The van der Waals surface area contributed by atoms with E-state index in [1.54, 1.807) is 4.57 Å². The molecule has 0 aliphatic rings. The Balaban J connectivity index is 0.000000317. The zero-order valence-electron chi connectivity index (χ0n) is 10.6. The second-order valence-electron chi connectivity index (χ2n) is 4.43. The molecule has 0 aliphatic heterocycles. The van der Waals surface area contributed by atoms with Gasteiger partial charge in [-0.1, -0.05) is 13.8 Å². The molecule has 0 bridgehead atoms. The fourth-order valence-corrected chi connectivity index (χ4v) is 1.21. The molecule has 0 saturated carbocycles. The van der Waals surface area contributed by atoms with Gasteiger partial charge in [0.15, 0.2) is 5.65 Å². The second kappa shape index (κ2) is 5.58. The summed E-state index contributed by atoms with van der Waals surface area (Å²) < 4.78 is 1.58. The van der Waals surface area contributed by atoms with Crippen molar-refractivity contribution in [2.24, 2.45) is 5.73 Å². The topological polar surface area (TPSA) is 89.6 Å². The third-order valence-electron chi connectivity index (χ3n) is 1.95. The average molecular weight is 237 g/mol. The number of hydrogen-bond donors (Lipinski definition) is 2. The summed E-state index contributed by atoms with van der Waals surface area (Å²) in [6.45, 7) is 7.77. The van der Waals surface area contributed by atoms with E-state index in [1.807, 2.05) is 27.7 Å². The van der Waals surface area contributed by atoms with E-state index >= 15 is 0 Å². The van der Waals surface area contributed by atoms with Crippen molar-refractivity contribution >= 4 is 11.0 Å². The number of fused-ring (bicyclic) bond motifs is 1. The molecule has 0 aliphatic carbocycles. The molecule has 2 aromatic heterocycles. The second-order valence-corrected chi connectivity index (χ2v) is 4.43. The van der Waals surface area contributed by atoms with Gasteiger partial charge in [0.25, 0.3) is 5.56 Å². The summed E-state index contributed by atoms with van der Waals surface area (Å²) in [5, 5.41) is 6.95. The molecule has 17 heavy (non-hydrogen) atoms. The minimum absolute atomic E-state index is 0.0475. The Hall–Kier alpha value is -1.69. The minimum atomic E-state index is -0.0475. The molecule has 94 valence electrons. The van der Waals surface area contributed by atoms with Gasteiger partial charge < -0.3 is 5.73 Å². The molecule has 0 atom stereocenters. The van der Waals surface area contributed by atoms with Crippen molar-refractivity contribution in [3.05, 3.63) is 22.9 Å². The predicted molar refractivity (Wildman–Crippen MR) is 67.9 cm³/mol. The lowest BCUT2D eigenvalue weighted by molar-refractivity contribution is 0.573. The summed E-state index contributed by atoms with van der Waals surface area (Å²) in [5.74, 6) is 0. The molecule has 6 nitrogen and oxygen atoms in total. The summed E-state index contributed by atoms with van der Waals surface area (Å²) in [4.78, 5) is 15.8. The maximum Gasteiger partial charge on any atom is 0.264 e. The Bertz CT molecular complexity index is 523. The van der Waals surface area contributed by atoms with Crippen LogP contribution in [0.4, 0.5) is 0 Å². The van der Waals surface area contributed by atoms with Gasteiger partial charge in [0.2, 0.25) is 0 Å². The van der Waals surface area contributed by atoms with Crippen LogP contribution in [0, 0.1) is 0 Å². The monoisotopic (exact) mass is 237 g/mol. The standard InChI is InChI=1S/C8H10N4O.C3H9N/c1-5(2)12-4-9-7-6(8(12)13)3-10-11-7;1-3(2)4/h3-5H,1-2H3,(H,10,11);3H,4H2,1-2H3. The first-order chi connectivity index (χ1) is 7.93. The Morgan fingerprint density at radius 2 is 1.94 bits per heavy atom. The van der Waals surface area contributed by atoms with Crippen LogP contribution in [0.5, 0.6) is 0 Å². The van der Waals surface area contributed by atoms with E-state index in [9.17, 15) is 4.79 Å². The lowest BCUT2D eigenvalue weighted by Crippen LogP contribution is -2.21. The Morgan fingerprint density at radius 3 is 2.47 bits per heavy atom. The maximum atomic E-state index is 11.7. The summed E-state index contributed by atoms with van der Waals surface area (Å²) in [7, 11) is 0. The molecule has 2 rings (SSSR count). The van der Waals surface area contributed by atoms with Gasteiger partial charge in [0.05, 0.1) is 6.20 Å². The molecule has 3 N–H and O–H groups in total. The SMILES string of the molecule is CC(C)N.CC(C)n1cnc2[nH]ncc2c1=O. The van der Waals surface area contributed by atoms with E-state index in [2.05, 4.69) is 15.2 Å². The van der Waals surface area contributed by atoms with E-state index in [0.717, 1.165) is 0 Å². The van der Waals surface area contributed by atoms with Crippen molar-refractivity contribution in [2.45, 2.75) is 39.8 Å². The van der Waals surface area contributed by atoms with E-state index in [4.69, 9.17) is 5.73 Å². The number of rotatable bonds is 1. The largest absolute Gasteiger partial charge is 0.328 e. The van der Waals surface area contributed by atoms with Crippen molar-refractivity contribution in [3.63, 3.8) is 0 Å². The maximum absolute atomic E-state index is 11.7. The van der Waals surface area contributed by atoms with Crippen molar-refractivity contribution < 1.29 is 0 Å². The van der Waals surface area contributed by atoms with Crippen LogP contribution in [0.15, 0.2) is 17.3 Å². The highest BCUT2D eigenvalue weighted by atomic mass is 16.1. The lowest BCUT2D eigenvalue weighted by Gasteiger charge is -2.07. The van der Waals surface area contributed by atoms with Gasteiger partial charge >= 0.3 is 0 Å². The summed E-state index contributed by atoms with van der Waals surface area (Å²) >= 11 is 0. The molecule has 0 amide bonds. The number of nitrogens with two attached hydrogens (primary N) is 1. The van der Waals surface area contributed by atoms with Crippen molar-refractivity contribution in [1.82, 2.24) is 19.7 Å². The zero-order valence-corrected chi connectivity index (χ0v) is 10.6. The zero-order chi connectivity index (χ0) is 13.0. The van der Waals surface area contributed by atoms with Gasteiger partial charge in [-0.25, -0.2) is 4.98 Å². The fraction of sp³-hybridized carbons (Fsp3) is 0.545. The van der Waals surface area contributed by atoms with Gasteiger partial charge in [-0.3, -0.25) is 14.5 Å². The van der Waals surface area contributed by atoms with E-state index in [0.29, 0.717) is 17.1 Å². The molecule has 6 heteroatoms. The van der Waals surface area contributed by atoms with Crippen LogP contribution in [0.1, 0.15) is 33.7 Å². The quantitative estimate of drug-likeness (QED) is 0.775. The lowest BCUT2D eigenvalue weighted by atomic mass is 10.3. The van der Waals surface area contributed by atoms with Crippen LogP contribution < -0.4 is 11.3 Å². The normalized spacial score (nSPS) is 10.8. The first-order valence-corrected chi connectivity index (χ1v) is 5.59. The highest BCUT2D eigenvalue weighted by Crippen LogP contribution is 2.03.